The number of nitrogens with one attached hydrogen (secondary N) is 1. The normalized spacial score (nSPS) is 11.0. The third kappa shape index (κ3) is 3.44. The molecular formula is C24H14ClN3O4. The second kappa shape index (κ2) is 7.79. The van der Waals surface area contributed by atoms with Crippen LogP contribution in [0.25, 0.3) is 33.3 Å². The van der Waals surface area contributed by atoms with Crippen molar-refractivity contribution < 1.29 is 14.1 Å². The van der Waals surface area contributed by atoms with Crippen molar-refractivity contribution in [2.45, 2.75) is 0 Å². The van der Waals surface area contributed by atoms with Gasteiger partial charge in [0.1, 0.15) is 11.1 Å². The molecular weight excluding hydrogens is 430 g/mol. The fourth-order valence-corrected chi connectivity index (χ4v) is 3.77. The van der Waals surface area contributed by atoms with Gasteiger partial charge in [0.05, 0.1) is 15.5 Å². The molecule has 0 atom stereocenters. The Morgan fingerprint density at radius 1 is 1.00 bits per heavy atom. The van der Waals surface area contributed by atoms with E-state index < -0.39 is 10.8 Å². The quantitative estimate of drug-likeness (QED) is 0.254. The van der Waals surface area contributed by atoms with Crippen molar-refractivity contribution in [3.8, 4) is 11.5 Å². The Labute approximate surface area is 186 Å². The van der Waals surface area contributed by atoms with Gasteiger partial charge in [-0.2, -0.15) is 0 Å². The van der Waals surface area contributed by atoms with Gasteiger partial charge in [0.2, 0.25) is 5.89 Å². The summed E-state index contributed by atoms with van der Waals surface area (Å²) in [6.45, 7) is 0. The van der Waals surface area contributed by atoms with Crippen LogP contribution in [0.15, 0.2) is 83.3 Å². The summed E-state index contributed by atoms with van der Waals surface area (Å²) in [7, 11) is 0. The predicted octanol–water partition coefficient (Wildman–Crippen LogP) is 6.46. The Balaban J connectivity index is 1.53. The van der Waals surface area contributed by atoms with Crippen LogP contribution in [0.4, 0.5) is 11.4 Å². The van der Waals surface area contributed by atoms with Gasteiger partial charge in [-0.1, -0.05) is 54.1 Å². The summed E-state index contributed by atoms with van der Waals surface area (Å²) in [6, 6.07) is 22.3. The minimum absolute atomic E-state index is 0.0395. The monoisotopic (exact) mass is 443 g/mol. The number of hydrogen-bond donors (Lipinski definition) is 1. The number of fused-ring (bicyclic) bond motifs is 3. The van der Waals surface area contributed by atoms with Gasteiger partial charge in [-0.05, 0) is 35.7 Å². The molecule has 7 nitrogen and oxygen atoms in total. The first-order chi connectivity index (χ1) is 15.5. The molecule has 0 radical (unpaired) electrons. The number of benzene rings is 4. The van der Waals surface area contributed by atoms with Crippen LogP contribution in [0.3, 0.4) is 0 Å². The Bertz CT molecular complexity index is 1530. The van der Waals surface area contributed by atoms with Gasteiger partial charge < -0.3 is 9.73 Å². The molecule has 0 saturated heterocycles. The minimum Gasteiger partial charge on any atom is -0.436 e. The fraction of sp³-hybridized carbons (Fsp3) is 0. The van der Waals surface area contributed by atoms with Gasteiger partial charge >= 0.3 is 0 Å². The summed E-state index contributed by atoms with van der Waals surface area (Å²) in [4.78, 5) is 27.9. The smallest absolute Gasteiger partial charge is 0.282 e. The van der Waals surface area contributed by atoms with E-state index in [9.17, 15) is 14.9 Å². The molecule has 0 saturated carbocycles. The summed E-state index contributed by atoms with van der Waals surface area (Å²) >= 11 is 6.39. The SMILES string of the molecule is O=C(Nc1ccc(Cl)c(-c2nc3c(ccc4ccccc43)o2)c1)c1ccccc1[N+](=O)[O-]. The fourth-order valence-electron chi connectivity index (χ4n) is 3.57. The molecule has 32 heavy (non-hydrogen) atoms. The molecule has 1 heterocycles. The number of nitro groups is 1. The molecule has 1 aromatic heterocycles. The van der Waals surface area contributed by atoms with Crippen molar-refractivity contribution in [1.82, 2.24) is 4.98 Å². The number of nitro benzene ring substituents is 1. The van der Waals surface area contributed by atoms with Crippen molar-refractivity contribution in [3.63, 3.8) is 0 Å². The maximum absolute atomic E-state index is 12.7. The highest BCUT2D eigenvalue weighted by atomic mass is 35.5. The van der Waals surface area contributed by atoms with E-state index in [2.05, 4.69) is 10.3 Å². The Hall–Kier alpha value is -4.23. The van der Waals surface area contributed by atoms with Crippen molar-refractivity contribution in [2.24, 2.45) is 0 Å². The molecule has 8 heteroatoms. The standard InChI is InChI=1S/C24H14ClN3O4/c25-19-11-10-15(26-23(29)17-7-3-4-8-20(17)28(30)31)13-18(19)24-27-22-16-6-2-1-5-14(16)9-12-21(22)32-24/h1-13H,(H,26,29). The Morgan fingerprint density at radius 3 is 2.62 bits per heavy atom. The van der Waals surface area contributed by atoms with Gasteiger partial charge in [-0.3, -0.25) is 14.9 Å². The second-order valence-corrected chi connectivity index (χ2v) is 7.48. The highest BCUT2D eigenvalue weighted by Crippen LogP contribution is 2.34. The van der Waals surface area contributed by atoms with Crippen molar-refractivity contribution >= 4 is 50.8 Å². The van der Waals surface area contributed by atoms with E-state index in [1.54, 1.807) is 24.3 Å². The average Bonchev–Trinajstić information content (AvgIpc) is 3.25. The molecule has 0 aliphatic carbocycles. The topological polar surface area (TPSA) is 98.3 Å². The van der Waals surface area contributed by atoms with Crippen LogP contribution in [0, 0.1) is 10.1 Å². The summed E-state index contributed by atoms with van der Waals surface area (Å²) < 4.78 is 5.94. The first-order valence-electron chi connectivity index (χ1n) is 9.64. The first-order valence-corrected chi connectivity index (χ1v) is 10.0. The van der Waals surface area contributed by atoms with Gasteiger partial charge in [-0.25, -0.2) is 4.98 Å². The van der Waals surface area contributed by atoms with Gasteiger partial charge in [0, 0.05) is 17.1 Å². The average molecular weight is 444 g/mol. The van der Waals surface area contributed by atoms with Crippen molar-refractivity contribution in [3.05, 3.63) is 99.6 Å². The number of carbonyl (C=O) groups is 1. The molecule has 0 aliphatic rings. The first kappa shape index (κ1) is 19.7. The lowest BCUT2D eigenvalue weighted by molar-refractivity contribution is -0.385. The summed E-state index contributed by atoms with van der Waals surface area (Å²) in [5.41, 5.74) is 1.91. The molecule has 1 amide bonds. The van der Waals surface area contributed by atoms with Crippen LogP contribution >= 0.6 is 11.6 Å². The molecule has 0 bridgehead atoms. The van der Waals surface area contributed by atoms with Gasteiger partial charge in [0.15, 0.2) is 5.58 Å². The van der Waals surface area contributed by atoms with E-state index >= 15 is 0 Å². The number of anilines is 1. The minimum atomic E-state index is -0.603. The Morgan fingerprint density at radius 2 is 1.78 bits per heavy atom. The number of carbonyl (C=O) groups excluding carboxylic acids is 1. The van der Waals surface area contributed by atoms with Crippen LogP contribution in [-0.2, 0) is 0 Å². The van der Waals surface area contributed by atoms with Crippen LogP contribution in [0.1, 0.15) is 10.4 Å². The molecule has 5 rings (SSSR count). The zero-order chi connectivity index (χ0) is 22.2. The molecule has 0 unspecified atom stereocenters. The largest absolute Gasteiger partial charge is 0.436 e. The number of oxazole rings is 1. The van der Waals surface area contributed by atoms with E-state index in [-0.39, 0.29) is 11.3 Å². The lowest BCUT2D eigenvalue weighted by Gasteiger charge is -2.08. The number of rotatable bonds is 4. The highest BCUT2D eigenvalue weighted by molar-refractivity contribution is 6.33. The zero-order valence-corrected chi connectivity index (χ0v) is 17.2. The number of amides is 1. The van der Waals surface area contributed by atoms with Crippen molar-refractivity contribution in [1.29, 1.82) is 0 Å². The summed E-state index contributed by atoms with van der Waals surface area (Å²) in [6.07, 6.45) is 0. The highest BCUT2D eigenvalue weighted by Gasteiger charge is 2.20. The van der Waals surface area contributed by atoms with Crippen LogP contribution in [0.5, 0.6) is 0 Å². The number of hydrogen-bond acceptors (Lipinski definition) is 5. The van der Waals surface area contributed by atoms with Crippen LogP contribution in [-0.4, -0.2) is 15.8 Å². The van der Waals surface area contributed by atoms with E-state index in [4.69, 9.17) is 16.0 Å². The van der Waals surface area contributed by atoms with Gasteiger partial charge in [-0.15, -0.1) is 0 Å². The maximum atomic E-state index is 12.7. The van der Waals surface area contributed by atoms with E-state index in [0.29, 0.717) is 33.3 Å². The number of aromatic nitrogens is 1. The van der Waals surface area contributed by atoms with Gasteiger partial charge in [0.25, 0.3) is 11.6 Å². The molecule has 156 valence electrons. The zero-order valence-electron chi connectivity index (χ0n) is 16.4. The third-order valence-corrected chi connectivity index (χ3v) is 5.41. The molecule has 5 aromatic rings. The lowest BCUT2D eigenvalue weighted by atomic mass is 10.1. The van der Waals surface area contributed by atoms with E-state index in [1.807, 2.05) is 36.4 Å². The predicted molar refractivity (Wildman–Crippen MR) is 123 cm³/mol. The summed E-state index contributed by atoms with van der Waals surface area (Å²) in [5, 5.41) is 16.3. The Kier molecular flexibility index (Phi) is 4.80. The van der Waals surface area contributed by atoms with E-state index in [0.717, 1.165) is 10.8 Å². The molecule has 0 fully saturated rings. The number of halogens is 1. The number of para-hydroxylation sites is 1. The van der Waals surface area contributed by atoms with Crippen molar-refractivity contribution in [2.75, 3.05) is 5.32 Å². The number of nitrogens with zero attached hydrogens (tertiary/aromatic N) is 2. The maximum Gasteiger partial charge on any atom is 0.282 e. The molecule has 0 spiro atoms. The molecule has 0 aliphatic heterocycles. The lowest BCUT2D eigenvalue weighted by Crippen LogP contribution is -2.13. The third-order valence-electron chi connectivity index (χ3n) is 5.08. The van der Waals surface area contributed by atoms with Crippen LogP contribution < -0.4 is 5.32 Å². The molecule has 1 N–H and O–H groups in total. The second-order valence-electron chi connectivity index (χ2n) is 7.08. The van der Waals surface area contributed by atoms with E-state index in [1.165, 1.54) is 18.2 Å². The molecule has 4 aromatic carbocycles. The van der Waals surface area contributed by atoms with Crippen LogP contribution in [0.2, 0.25) is 5.02 Å². The summed E-state index contributed by atoms with van der Waals surface area (Å²) in [5.74, 6) is -0.294.